The molecule has 2 aromatic rings. The van der Waals surface area contributed by atoms with Crippen molar-refractivity contribution in [3.63, 3.8) is 0 Å². The Morgan fingerprint density at radius 2 is 1.90 bits per heavy atom. The largest absolute Gasteiger partial charge is 0.478 e. The normalized spacial score (nSPS) is 10.1. The number of aromatic nitrogens is 1. The molecule has 0 aliphatic rings. The third-order valence-corrected chi connectivity index (χ3v) is 3.64. The van der Waals surface area contributed by atoms with Gasteiger partial charge in [-0.15, -0.1) is 11.3 Å². The van der Waals surface area contributed by atoms with Crippen LogP contribution < -0.4 is 10.6 Å². The van der Waals surface area contributed by atoms with Gasteiger partial charge >= 0.3 is 12.0 Å². The van der Waals surface area contributed by atoms with Gasteiger partial charge in [-0.2, -0.15) is 0 Å². The minimum atomic E-state index is -1.10. The molecule has 6 nitrogen and oxygen atoms in total. The molecule has 0 spiro atoms. The first-order chi connectivity index (χ1) is 9.47. The van der Waals surface area contributed by atoms with Crippen LogP contribution in [-0.4, -0.2) is 22.1 Å². The number of carbonyl (C=O) groups excluding carboxylic acids is 1. The summed E-state index contributed by atoms with van der Waals surface area (Å²) in [6.45, 7) is 3.77. The van der Waals surface area contributed by atoms with Crippen molar-refractivity contribution in [2.75, 3.05) is 10.6 Å². The van der Waals surface area contributed by atoms with Crippen molar-refractivity contribution in [1.82, 2.24) is 4.98 Å². The standard InChI is InChI=1S/C13H13N3O3S/c1-7-8(2)20-13(14-7)16-12(19)15-10-6-4-3-5-9(10)11(17)18/h3-6H,1-2H3,(H,17,18)(H2,14,15,16,19). The molecule has 1 aromatic heterocycles. The molecule has 0 saturated carbocycles. The second-order valence-electron chi connectivity index (χ2n) is 4.09. The van der Waals surface area contributed by atoms with Gasteiger partial charge in [0.15, 0.2) is 5.13 Å². The average molecular weight is 291 g/mol. The number of aromatic carboxylic acids is 1. The molecule has 0 radical (unpaired) electrons. The predicted molar refractivity (Wildman–Crippen MR) is 77.6 cm³/mol. The van der Waals surface area contributed by atoms with Crippen LogP contribution in [0, 0.1) is 13.8 Å². The average Bonchev–Trinajstić information content (AvgIpc) is 2.68. The predicted octanol–water partition coefficient (Wildman–Crippen LogP) is 3.10. The Labute approximate surface area is 119 Å². The fourth-order valence-corrected chi connectivity index (χ4v) is 2.37. The zero-order valence-corrected chi connectivity index (χ0v) is 11.7. The molecule has 0 fully saturated rings. The maximum Gasteiger partial charge on any atom is 0.337 e. The van der Waals surface area contributed by atoms with E-state index in [0.29, 0.717) is 5.13 Å². The zero-order chi connectivity index (χ0) is 14.7. The Balaban J connectivity index is 2.10. The number of benzene rings is 1. The topological polar surface area (TPSA) is 91.3 Å². The molecule has 104 valence electrons. The van der Waals surface area contributed by atoms with E-state index in [1.54, 1.807) is 12.1 Å². The van der Waals surface area contributed by atoms with E-state index in [0.717, 1.165) is 10.6 Å². The maximum atomic E-state index is 11.8. The molecule has 2 rings (SSSR count). The summed E-state index contributed by atoms with van der Waals surface area (Å²) in [4.78, 5) is 28.1. The van der Waals surface area contributed by atoms with E-state index in [4.69, 9.17) is 5.11 Å². The highest BCUT2D eigenvalue weighted by Crippen LogP contribution is 2.21. The number of aryl methyl sites for hydroxylation is 2. The van der Waals surface area contributed by atoms with Gasteiger partial charge in [-0.25, -0.2) is 14.6 Å². The van der Waals surface area contributed by atoms with Crippen molar-refractivity contribution in [3.05, 3.63) is 40.4 Å². The van der Waals surface area contributed by atoms with Crippen LogP contribution in [0.5, 0.6) is 0 Å². The highest BCUT2D eigenvalue weighted by atomic mass is 32.1. The number of anilines is 2. The number of carboxylic acids is 1. The van der Waals surface area contributed by atoms with E-state index in [-0.39, 0.29) is 11.3 Å². The number of para-hydroxylation sites is 1. The molecule has 0 unspecified atom stereocenters. The molecule has 0 atom stereocenters. The van der Waals surface area contributed by atoms with Gasteiger partial charge < -0.3 is 10.4 Å². The zero-order valence-electron chi connectivity index (χ0n) is 10.9. The lowest BCUT2D eigenvalue weighted by molar-refractivity contribution is 0.0698. The van der Waals surface area contributed by atoms with Crippen molar-refractivity contribution >= 4 is 34.2 Å². The molecule has 0 aliphatic heterocycles. The quantitative estimate of drug-likeness (QED) is 0.810. The smallest absolute Gasteiger partial charge is 0.337 e. The minimum Gasteiger partial charge on any atom is -0.478 e. The number of thiazole rings is 1. The summed E-state index contributed by atoms with van der Waals surface area (Å²) in [5.74, 6) is -1.10. The summed E-state index contributed by atoms with van der Waals surface area (Å²) >= 11 is 1.36. The summed E-state index contributed by atoms with van der Waals surface area (Å²) < 4.78 is 0. The second kappa shape index (κ2) is 5.70. The fraction of sp³-hybridized carbons (Fsp3) is 0.154. The summed E-state index contributed by atoms with van der Waals surface area (Å²) in [5.41, 5.74) is 1.13. The Morgan fingerprint density at radius 1 is 1.20 bits per heavy atom. The fourth-order valence-electron chi connectivity index (χ4n) is 1.56. The van der Waals surface area contributed by atoms with Gasteiger partial charge in [0.2, 0.25) is 0 Å². The van der Waals surface area contributed by atoms with Crippen LogP contribution in [-0.2, 0) is 0 Å². The Kier molecular flexibility index (Phi) is 3.99. The molecule has 1 heterocycles. The molecule has 1 aromatic carbocycles. The van der Waals surface area contributed by atoms with Crippen LogP contribution in [0.4, 0.5) is 15.6 Å². The third-order valence-electron chi connectivity index (χ3n) is 2.65. The number of urea groups is 1. The van der Waals surface area contributed by atoms with Crippen molar-refractivity contribution in [2.24, 2.45) is 0 Å². The molecule has 7 heteroatoms. The molecule has 20 heavy (non-hydrogen) atoms. The summed E-state index contributed by atoms with van der Waals surface area (Å²) in [6, 6.07) is 5.68. The van der Waals surface area contributed by atoms with Gasteiger partial charge in [-0.05, 0) is 26.0 Å². The van der Waals surface area contributed by atoms with E-state index in [1.165, 1.54) is 23.5 Å². The Morgan fingerprint density at radius 3 is 2.50 bits per heavy atom. The summed E-state index contributed by atoms with van der Waals surface area (Å²) in [7, 11) is 0. The van der Waals surface area contributed by atoms with Gasteiger partial charge in [0.25, 0.3) is 0 Å². The first-order valence-electron chi connectivity index (χ1n) is 5.81. The SMILES string of the molecule is Cc1nc(NC(=O)Nc2ccccc2C(=O)O)sc1C. The first kappa shape index (κ1) is 14.0. The lowest BCUT2D eigenvalue weighted by Crippen LogP contribution is -2.20. The molecular formula is C13H13N3O3S. The van der Waals surface area contributed by atoms with Gasteiger partial charge in [0, 0.05) is 4.88 Å². The lowest BCUT2D eigenvalue weighted by Gasteiger charge is -2.08. The maximum absolute atomic E-state index is 11.8. The number of hydrogen-bond donors (Lipinski definition) is 3. The van der Waals surface area contributed by atoms with Crippen LogP contribution in [0.15, 0.2) is 24.3 Å². The Bertz CT molecular complexity index is 647. The van der Waals surface area contributed by atoms with Crippen LogP contribution in [0.3, 0.4) is 0 Å². The highest BCUT2D eigenvalue weighted by molar-refractivity contribution is 7.15. The number of carbonyl (C=O) groups is 2. The molecule has 0 saturated heterocycles. The van der Waals surface area contributed by atoms with Gasteiger partial charge in [0.1, 0.15) is 0 Å². The second-order valence-corrected chi connectivity index (χ2v) is 5.29. The molecule has 0 bridgehead atoms. The summed E-state index contributed by atoms with van der Waals surface area (Å²) in [6.07, 6.45) is 0. The number of nitrogens with zero attached hydrogens (tertiary/aromatic N) is 1. The van der Waals surface area contributed by atoms with Crippen LogP contribution in [0.25, 0.3) is 0 Å². The van der Waals surface area contributed by atoms with Gasteiger partial charge in [-0.3, -0.25) is 5.32 Å². The number of rotatable bonds is 3. The molecule has 3 N–H and O–H groups in total. The van der Waals surface area contributed by atoms with Crippen LogP contribution >= 0.6 is 11.3 Å². The van der Waals surface area contributed by atoms with E-state index < -0.39 is 12.0 Å². The number of amides is 2. The van der Waals surface area contributed by atoms with E-state index in [2.05, 4.69) is 15.6 Å². The van der Waals surface area contributed by atoms with E-state index >= 15 is 0 Å². The number of nitrogens with one attached hydrogen (secondary N) is 2. The van der Waals surface area contributed by atoms with Gasteiger partial charge in [-0.1, -0.05) is 12.1 Å². The van der Waals surface area contributed by atoms with Crippen LogP contribution in [0.1, 0.15) is 20.9 Å². The Hall–Kier alpha value is -2.41. The van der Waals surface area contributed by atoms with Crippen LogP contribution in [0.2, 0.25) is 0 Å². The third kappa shape index (κ3) is 3.12. The van der Waals surface area contributed by atoms with Crippen molar-refractivity contribution < 1.29 is 14.7 Å². The number of hydrogen-bond acceptors (Lipinski definition) is 4. The summed E-state index contributed by atoms with van der Waals surface area (Å²) in [5, 5.41) is 14.6. The van der Waals surface area contributed by atoms with Crippen molar-refractivity contribution in [1.29, 1.82) is 0 Å². The minimum absolute atomic E-state index is 0.0362. The monoisotopic (exact) mass is 291 g/mol. The molecular weight excluding hydrogens is 278 g/mol. The van der Waals surface area contributed by atoms with Crippen molar-refractivity contribution in [2.45, 2.75) is 13.8 Å². The van der Waals surface area contributed by atoms with E-state index in [9.17, 15) is 9.59 Å². The van der Waals surface area contributed by atoms with E-state index in [1.807, 2.05) is 13.8 Å². The molecule has 2 amide bonds. The van der Waals surface area contributed by atoms with Gasteiger partial charge in [0.05, 0.1) is 16.9 Å². The number of carboxylic acid groups (broad SMARTS) is 1. The lowest BCUT2D eigenvalue weighted by atomic mass is 10.2. The first-order valence-corrected chi connectivity index (χ1v) is 6.63. The highest BCUT2D eigenvalue weighted by Gasteiger charge is 2.13. The molecule has 0 aliphatic carbocycles. The van der Waals surface area contributed by atoms with Crippen molar-refractivity contribution in [3.8, 4) is 0 Å².